The molecule has 1 N–H and O–H groups in total. The minimum atomic E-state index is 0.348. The summed E-state index contributed by atoms with van der Waals surface area (Å²) >= 11 is 5.43. The first-order valence-corrected chi connectivity index (χ1v) is 8.18. The molecule has 21 heavy (non-hydrogen) atoms. The third-order valence-corrected chi connectivity index (χ3v) is 4.87. The highest BCUT2D eigenvalue weighted by Gasteiger charge is 2.20. The maximum atomic E-state index is 5.43. The number of rotatable bonds is 3. The molecule has 1 saturated carbocycles. The lowest BCUT2D eigenvalue weighted by atomic mass is 9.79. The Labute approximate surface area is 131 Å². The van der Waals surface area contributed by atoms with Crippen LogP contribution in [0, 0.1) is 11.6 Å². The van der Waals surface area contributed by atoms with Crippen LogP contribution in [0.5, 0.6) is 0 Å². The fourth-order valence-electron chi connectivity index (χ4n) is 2.80. The van der Waals surface area contributed by atoms with Crippen molar-refractivity contribution >= 4 is 12.2 Å². The van der Waals surface area contributed by atoms with Crippen LogP contribution in [0.2, 0.25) is 0 Å². The highest BCUT2D eigenvalue weighted by Crippen LogP contribution is 2.37. The number of nitrogens with one attached hydrogen (secondary N) is 1. The molecule has 1 aromatic heterocycles. The van der Waals surface area contributed by atoms with Crippen molar-refractivity contribution in [3.63, 3.8) is 0 Å². The Bertz CT molecular complexity index is 711. The molecule has 1 fully saturated rings. The van der Waals surface area contributed by atoms with Gasteiger partial charge in [-0.2, -0.15) is 0 Å². The number of aromatic nitrogens is 2. The third-order valence-electron chi connectivity index (χ3n) is 4.47. The van der Waals surface area contributed by atoms with Crippen LogP contribution in [0.25, 0.3) is 11.3 Å². The van der Waals surface area contributed by atoms with Gasteiger partial charge in [-0.1, -0.05) is 50.7 Å². The Balaban J connectivity index is 2.09. The van der Waals surface area contributed by atoms with E-state index in [0.29, 0.717) is 10.6 Å². The Morgan fingerprint density at radius 2 is 2.05 bits per heavy atom. The maximum Gasteiger partial charge on any atom is 0.133 e. The molecule has 0 atom stereocenters. The van der Waals surface area contributed by atoms with Crippen molar-refractivity contribution in [2.24, 2.45) is 0 Å². The Kier molecular flexibility index (Phi) is 3.94. The molecule has 1 heterocycles. The van der Waals surface area contributed by atoms with Gasteiger partial charge in [0.15, 0.2) is 0 Å². The van der Waals surface area contributed by atoms with Crippen LogP contribution in [0.1, 0.15) is 61.9 Å². The van der Waals surface area contributed by atoms with Crippen molar-refractivity contribution in [2.45, 2.75) is 51.9 Å². The number of hydrogen-bond acceptors (Lipinski definition) is 2. The van der Waals surface area contributed by atoms with Crippen molar-refractivity contribution in [1.29, 1.82) is 0 Å². The summed E-state index contributed by atoms with van der Waals surface area (Å²) in [6.45, 7) is 6.33. The average Bonchev–Trinajstić information content (AvgIpc) is 2.40. The van der Waals surface area contributed by atoms with Crippen molar-refractivity contribution in [3.05, 3.63) is 45.9 Å². The lowest BCUT2D eigenvalue weighted by Gasteiger charge is -2.26. The first-order chi connectivity index (χ1) is 10.1. The molecule has 0 bridgehead atoms. The van der Waals surface area contributed by atoms with Crippen molar-refractivity contribution in [2.75, 3.05) is 0 Å². The summed E-state index contributed by atoms with van der Waals surface area (Å²) in [5.41, 5.74) is 4.88. The Hall–Kier alpha value is -1.48. The molecule has 0 radical (unpaired) electrons. The summed E-state index contributed by atoms with van der Waals surface area (Å²) in [4.78, 5) is 8.00. The minimum Gasteiger partial charge on any atom is -0.343 e. The highest BCUT2D eigenvalue weighted by molar-refractivity contribution is 7.71. The molecule has 0 unspecified atom stereocenters. The smallest absolute Gasteiger partial charge is 0.133 e. The number of hydrogen-bond donors (Lipinski definition) is 1. The van der Waals surface area contributed by atoms with E-state index in [-0.39, 0.29) is 0 Å². The molecule has 3 heteroatoms. The summed E-state index contributed by atoms with van der Waals surface area (Å²) in [5.74, 6) is 2.06. The summed E-state index contributed by atoms with van der Waals surface area (Å²) in [5, 5.41) is 0. The standard InChI is InChI=1S/C18H22N2S/c1-11(2)17-19-16(12(3)18(21)20-17)15-9-5-8-14(10-15)13-6-4-7-13/h5,8-11,13H,4,6-7H2,1-3H3,(H,19,20,21). The van der Waals surface area contributed by atoms with Gasteiger partial charge < -0.3 is 4.98 Å². The summed E-state index contributed by atoms with van der Waals surface area (Å²) < 4.78 is 0.710. The van der Waals surface area contributed by atoms with E-state index < -0.39 is 0 Å². The second-order valence-electron chi connectivity index (χ2n) is 6.34. The third kappa shape index (κ3) is 2.80. The van der Waals surface area contributed by atoms with Gasteiger partial charge in [-0.25, -0.2) is 4.98 Å². The summed E-state index contributed by atoms with van der Waals surface area (Å²) in [6.07, 6.45) is 4.02. The number of H-pyrrole nitrogens is 1. The molecule has 0 aliphatic heterocycles. The molecule has 3 rings (SSSR count). The SMILES string of the molecule is Cc1c(-c2cccc(C3CCC3)c2)[nH]c(C(C)C)nc1=S. The zero-order chi connectivity index (χ0) is 15.0. The number of nitrogens with zero attached hydrogens (tertiary/aromatic N) is 1. The summed E-state index contributed by atoms with van der Waals surface area (Å²) in [7, 11) is 0. The highest BCUT2D eigenvalue weighted by atomic mass is 32.1. The van der Waals surface area contributed by atoms with E-state index in [4.69, 9.17) is 12.2 Å². The van der Waals surface area contributed by atoms with Crippen LogP contribution in [0.3, 0.4) is 0 Å². The molecular weight excluding hydrogens is 276 g/mol. The molecule has 2 aromatic rings. The van der Waals surface area contributed by atoms with Gasteiger partial charge in [0.05, 0.1) is 5.69 Å². The van der Waals surface area contributed by atoms with Gasteiger partial charge in [-0.05, 0) is 42.9 Å². The predicted molar refractivity (Wildman–Crippen MR) is 90.3 cm³/mol. The molecule has 0 spiro atoms. The van der Waals surface area contributed by atoms with E-state index in [1.165, 1.54) is 30.4 Å². The maximum absolute atomic E-state index is 5.43. The quantitative estimate of drug-likeness (QED) is 0.757. The lowest BCUT2D eigenvalue weighted by molar-refractivity contribution is 0.420. The van der Waals surface area contributed by atoms with E-state index in [0.717, 1.165) is 23.0 Å². The van der Waals surface area contributed by atoms with E-state index >= 15 is 0 Å². The van der Waals surface area contributed by atoms with E-state index in [1.54, 1.807) is 0 Å². The molecule has 1 aliphatic rings. The molecule has 2 nitrogen and oxygen atoms in total. The van der Waals surface area contributed by atoms with Crippen molar-refractivity contribution in [3.8, 4) is 11.3 Å². The molecule has 0 saturated heterocycles. The Morgan fingerprint density at radius 1 is 1.29 bits per heavy atom. The van der Waals surface area contributed by atoms with Crippen LogP contribution < -0.4 is 0 Å². The average molecular weight is 298 g/mol. The van der Waals surface area contributed by atoms with Crippen molar-refractivity contribution in [1.82, 2.24) is 9.97 Å². The van der Waals surface area contributed by atoms with Gasteiger partial charge in [-0.15, -0.1) is 0 Å². The van der Waals surface area contributed by atoms with E-state index in [9.17, 15) is 0 Å². The van der Waals surface area contributed by atoms with E-state index in [2.05, 4.69) is 55.0 Å². The predicted octanol–water partition coefficient (Wildman–Crippen LogP) is 5.51. The van der Waals surface area contributed by atoms with E-state index in [1.807, 2.05) is 0 Å². The van der Waals surface area contributed by atoms with Crippen LogP contribution in [-0.4, -0.2) is 9.97 Å². The van der Waals surface area contributed by atoms with Crippen LogP contribution in [0.15, 0.2) is 24.3 Å². The fourth-order valence-corrected chi connectivity index (χ4v) is 3.00. The number of benzene rings is 1. The fraction of sp³-hybridized carbons (Fsp3) is 0.444. The second kappa shape index (κ2) is 5.72. The summed E-state index contributed by atoms with van der Waals surface area (Å²) in [6, 6.07) is 8.90. The molecule has 1 aromatic carbocycles. The topological polar surface area (TPSA) is 28.7 Å². The van der Waals surface area contributed by atoms with Crippen LogP contribution >= 0.6 is 12.2 Å². The minimum absolute atomic E-state index is 0.348. The van der Waals surface area contributed by atoms with Gasteiger partial charge in [0.2, 0.25) is 0 Å². The zero-order valence-electron chi connectivity index (χ0n) is 12.9. The van der Waals surface area contributed by atoms with Gasteiger partial charge in [0.25, 0.3) is 0 Å². The molecule has 110 valence electrons. The number of aromatic amines is 1. The van der Waals surface area contributed by atoms with Crippen molar-refractivity contribution < 1.29 is 0 Å². The van der Waals surface area contributed by atoms with Crippen LogP contribution in [0.4, 0.5) is 0 Å². The monoisotopic (exact) mass is 298 g/mol. The zero-order valence-corrected chi connectivity index (χ0v) is 13.8. The first kappa shape index (κ1) is 14.5. The lowest BCUT2D eigenvalue weighted by Crippen LogP contribution is -2.09. The van der Waals surface area contributed by atoms with Gasteiger partial charge in [-0.3, -0.25) is 0 Å². The molecular formula is C18H22N2S. The van der Waals surface area contributed by atoms with Gasteiger partial charge in [0, 0.05) is 11.5 Å². The molecule has 1 aliphatic carbocycles. The van der Waals surface area contributed by atoms with Gasteiger partial charge >= 0.3 is 0 Å². The second-order valence-corrected chi connectivity index (χ2v) is 6.72. The first-order valence-electron chi connectivity index (χ1n) is 7.77. The normalized spacial score (nSPS) is 15.2. The molecule has 0 amide bonds. The Morgan fingerprint density at radius 3 is 2.67 bits per heavy atom. The van der Waals surface area contributed by atoms with Crippen LogP contribution in [-0.2, 0) is 0 Å². The van der Waals surface area contributed by atoms with Gasteiger partial charge in [0.1, 0.15) is 10.5 Å². The largest absolute Gasteiger partial charge is 0.343 e.